The minimum Gasteiger partial charge on any atom is -0.398 e. The summed E-state index contributed by atoms with van der Waals surface area (Å²) in [4.78, 5) is 1.27. The van der Waals surface area contributed by atoms with Crippen LogP contribution >= 0.6 is 11.8 Å². The van der Waals surface area contributed by atoms with Gasteiger partial charge in [-0.2, -0.15) is 5.26 Å². The molecule has 0 aliphatic heterocycles. The highest BCUT2D eigenvalue weighted by molar-refractivity contribution is 7.99. The Kier molecular flexibility index (Phi) is 5.55. The number of nitrogens with two attached hydrogens (primary N) is 1. The summed E-state index contributed by atoms with van der Waals surface area (Å²) < 4.78 is 0. The number of benzene rings is 1. The van der Waals surface area contributed by atoms with E-state index in [1.165, 1.54) is 10.5 Å². The Morgan fingerprint density at radius 1 is 1.33 bits per heavy atom. The molecule has 0 amide bonds. The van der Waals surface area contributed by atoms with Crippen LogP contribution in [0.15, 0.2) is 23.1 Å². The van der Waals surface area contributed by atoms with Gasteiger partial charge in [0, 0.05) is 10.6 Å². The van der Waals surface area contributed by atoms with Gasteiger partial charge in [0.2, 0.25) is 0 Å². The number of hydrogen-bond donors (Lipinski definition) is 1. The van der Waals surface area contributed by atoms with Crippen LogP contribution in [0.4, 0.5) is 5.69 Å². The minimum absolute atomic E-state index is 0.183. The molecule has 0 aromatic heterocycles. The van der Waals surface area contributed by atoms with Gasteiger partial charge in [0.05, 0.1) is 11.5 Å². The molecule has 98 valence electrons. The number of thioether (sulfide) groups is 1. The Labute approximate surface area is 115 Å². The first-order valence-corrected chi connectivity index (χ1v) is 7.34. The van der Waals surface area contributed by atoms with Crippen molar-refractivity contribution in [3.63, 3.8) is 0 Å². The fourth-order valence-corrected chi connectivity index (χ4v) is 2.77. The van der Waals surface area contributed by atoms with Crippen molar-refractivity contribution in [2.45, 2.75) is 44.9 Å². The van der Waals surface area contributed by atoms with Gasteiger partial charge in [0.1, 0.15) is 0 Å². The predicted molar refractivity (Wildman–Crippen MR) is 79.6 cm³/mol. The van der Waals surface area contributed by atoms with Crippen LogP contribution in [0.25, 0.3) is 0 Å². The van der Waals surface area contributed by atoms with Crippen LogP contribution in [0.2, 0.25) is 0 Å². The second kappa shape index (κ2) is 6.70. The van der Waals surface area contributed by atoms with Crippen LogP contribution in [0.3, 0.4) is 0 Å². The first-order chi connectivity index (χ1) is 8.46. The normalized spacial score (nSPS) is 11.2. The third-order valence-electron chi connectivity index (χ3n) is 3.08. The molecular weight excluding hydrogens is 240 g/mol. The van der Waals surface area contributed by atoms with E-state index in [1.54, 1.807) is 0 Å². The lowest BCUT2D eigenvalue weighted by atomic mass is 9.89. The molecule has 0 bridgehead atoms. The molecule has 0 saturated heterocycles. The molecule has 1 aromatic rings. The number of hydrogen-bond acceptors (Lipinski definition) is 3. The SMILES string of the molecule is Cc1c(N)cccc1SCCCCC(C)(C)C#N. The summed E-state index contributed by atoms with van der Waals surface area (Å²) in [5.74, 6) is 1.09. The maximum atomic E-state index is 8.93. The zero-order chi connectivity index (χ0) is 13.6. The topological polar surface area (TPSA) is 49.8 Å². The molecule has 0 radical (unpaired) electrons. The van der Waals surface area contributed by atoms with Crippen LogP contribution in [-0.2, 0) is 0 Å². The first-order valence-electron chi connectivity index (χ1n) is 6.35. The molecular formula is C15H22N2S. The van der Waals surface area contributed by atoms with Crippen molar-refractivity contribution in [2.75, 3.05) is 11.5 Å². The Hall–Kier alpha value is -1.14. The Morgan fingerprint density at radius 2 is 2.06 bits per heavy atom. The second-order valence-electron chi connectivity index (χ2n) is 5.27. The van der Waals surface area contributed by atoms with Gasteiger partial charge in [0.15, 0.2) is 0 Å². The molecule has 2 nitrogen and oxygen atoms in total. The van der Waals surface area contributed by atoms with Crippen LogP contribution in [0.5, 0.6) is 0 Å². The van der Waals surface area contributed by atoms with E-state index in [2.05, 4.69) is 19.1 Å². The molecule has 0 spiro atoms. The van der Waals surface area contributed by atoms with Gasteiger partial charge in [0.25, 0.3) is 0 Å². The van der Waals surface area contributed by atoms with Crippen molar-refractivity contribution in [1.82, 2.24) is 0 Å². The molecule has 0 heterocycles. The fourth-order valence-electron chi connectivity index (χ4n) is 1.69. The average Bonchev–Trinajstić information content (AvgIpc) is 2.34. The number of nitrogen functional groups attached to an aromatic ring is 1. The summed E-state index contributed by atoms with van der Waals surface area (Å²) in [6.07, 6.45) is 3.22. The minimum atomic E-state index is -0.183. The molecule has 0 atom stereocenters. The van der Waals surface area contributed by atoms with Gasteiger partial charge < -0.3 is 5.73 Å². The summed E-state index contributed by atoms with van der Waals surface area (Å²) in [7, 11) is 0. The van der Waals surface area contributed by atoms with Crippen molar-refractivity contribution < 1.29 is 0 Å². The third kappa shape index (κ3) is 4.62. The quantitative estimate of drug-likeness (QED) is 0.470. The number of anilines is 1. The van der Waals surface area contributed by atoms with E-state index in [1.807, 2.05) is 37.7 Å². The second-order valence-corrected chi connectivity index (χ2v) is 6.41. The molecule has 0 aliphatic carbocycles. The van der Waals surface area contributed by atoms with Crippen molar-refractivity contribution in [2.24, 2.45) is 5.41 Å². The maximum absolute atomic E-state index is 8.93. The van der Waals surface area contributed by atoms with Crippen LogP contribution in [0, 0.1) is 23.7 Å². The highest BCUT2D eigenvalue weighted by Crippen LogP contribution is 2.28. The first kappa shape index (κ1) is 14.9. The molecule has 0 fully saturated rings. The lowest BCUT2D eigenvalue weighted by Crippen LogP contribution is -2.07. The Morgan fingerprint density at radius 3 is 2.72 bits per heavy atom. The van der Waals surface area contributed by atoms with E-state index in [-0.39, 0.29) is 5.41 Å². The monoisotopic (exact) mass is 262 g/mol. The smallest absolute Gasteiger partial charge is 0.0683 e. The fraction of sp³-hybridized carbons (Fsp3) is 0.533. The van der Waals surface area contributed by atoms with Gasteiger partial charge in [-0.3, -0.25) is 0 Å². The highest BCUT2D eigenvalue weighted by atomic mass is 32.2. The molecule has 3 heteroatoms. The summed E-state index contributed by atoms with van der Waals surface area (Å²) in [6, 6.07) is 8.41. The summed E-state index contributed by atoms with van der Waals surface area (Å²) >= 11 is 1.86. The van der Waals surface area contributed by atoms with E-state index >= 15 is 0 Å². The predicted octanol–water partition coefficient (Wildman–Crippen LogP) is 4.39. The van der Waals surface area contributed by atoms with E-state index in [4.69, 9.17) is 11.0 Å². The molecule has 2 N–H and O–H groups in total. The van der Waals surface area contributed by atoms with E-state index in [0.717, 1.165) is 30.7 Å². The lowest BCUT2D eigenvalue weighted by molar-refractivity contribution is 0.433. The summed E-state index contributed by atoms with van der Waals surface area (Å²) in [5.41, 5.74) is 7.74. The standard InChI is InChI=1S/C15H22N2S/c1-12-13(17)7-6-8-14(12)18-10-5-4-9-15(2,3)11-16/h6-8H,4-5,9-10,17H2,1-3H3. The van der Waals surface area contributed by atoms with E-state index in [0.29, 0.717) is 0 Å². The van der Waals surface area contributed by atoms with Gasteiger partial charge in [-0.15, -0.1) is 11.8 Å². The van der Waals surface area contributed by atoms with E-state index in [9.17, 15) is 0 Å². The summed E-state index contributed by atoms with van der Waals surface area (Å²) in [6.45, 7) is 6.07. The van der Waals surface area contributed by atoms with E-state index < -0.39 is 0 Å². The number of nitriles is 1. The molecule has 0 saturated carbocycles. The Bertz CT molecular complexity index is 433. The molecule has 1 rings (SSSR count). The van der Waals surface area contributed by atoms with Crippen LogP contribution in [-0.4, -0.2) is 5.75 Å². The number of rotatable bonds is 6. The van der Waals surface area contributed by atoms with Crippen LogP contribution < -0.4 is 5.73 Å². The number of nitrogens with zero attached hydrogens (tertiary/aromatic N) is 1. The van der Waals surface area contributed by atoms with Crippen LogP contribution in [0.1, 0.15) is 38.7 Å². The Balaban J connectivity index is 2.31. The highest BCUT2D eigenvalue weighted by Gasteiger charge is 2.15. The largest absolute Gasteiger partial charge is 0.398 e. The summed E-state index contributed by atoms with van der Waals surface area (Å²) in [5, 5.41) is 8.93. The van der Waals surface area contributed by atoms with Crippen molar-refractivity contribution in [3.05, 3.63) is 23.8 Å². The average molecular weight is 262 g/mol. The van der Waals surface area contributed by atoms with Crippen molar-refractivity contribution in [3.8, 4) is 6.07 Å². The third-order valence-corrected chi connectivity index (χ3v) is 4.33. The van der Waals surface area contributed by atoms with Gasteiger partial charge >= 0.3 is 0 Å². The lowest BCUT2D eigenvalue weighted by Gasteiger charge is -2.14. The molecule has 1 aromatic carbocycles. The molecule has 18 heavy (non-hydrogen) atoms. The molecule has 0 aliphatic rings. The van der Waals surface area contributed by atoms with Crippen molar-refractivity contribution in [1.29, 1.82) is 5.26 Å². The zero-order valence-electron chi connectivity index (χ0n) is 11.5. The zero-order valence-corrected chi connectivity index (χ0v) is 12.3. The maximum Gasteiger partial charge on any atom is 0.0683 e. The van der Waals surface area contributed by atoms with Crippen molar-refractivity contribution >= 4 is 17.4 Å². The number of unbranched alkanes of at least 4 members (excludes halogenated alkanes) is 1. The van der Waals surface area contributed by atoms with Gasteiger partial charge in [-0.05, 0) is 57.1 Å². The molecule has 0 unspecified atom stereocenters. The van der Waals surface area contributed by atoms with Gasteiger partial charge in [-0.25, -0.2) is 0 Å². The van der Waals surface area contributed by atoms with Gasteiger partial charge in [-0.1, -0.05) is 12.5 Å².